The zero-order valence-corrected chi connectivity index (χ0v) is 9.90. The lowest BCUT2D eigenvalue weighted by atomic mass is 10.5. The monoisotopic (exact) mass is 275 g/mol. The minimum Gasteiger partial charge on any atom is -0.132 e. The van der Waals surface area contributed by atoms with Gasteiger partial charge in [0.1, 0.15) is 5.50 Å². The van der Waals surface area contributed by atoms with Crippen molar-refractivity contribution in [2.45, 2.75) is 11.9 Å². The summed E-state index contributed by atoms with van der Waals surface area (Å²) in [5.41, 5.74) is -3.24. The molecule has 1 atom stereocenters. The van der Waals surface area contributed by atoms with Crippen molar-refractivity contribution in [1.82, 2.24) is 0 Å². The summed E-state index contributed by atoms with van der Waals surface area (Å²) < 4.78 is 0. The van der Waals surface area contributed by atoms with Crippen molar-refractivity contribution in [3.63, 3.8) is 0 Å². The van der Waals surface area contributed by atoms with E-state index in [-0.39, 0.29) is 0 Å². The molecule has 8 heteroatoms. The first-order chi connectivity index (χ1) is 4.95. The van der Waals surface area contributed by atoms with E-state index >= 15 is 0 Å². The Kier molecular flexibility index (Phi) is 6.82. The Labute approximate surface area is 89.9 Å². The van der Waals surface area contributed by atoms with Crippen LogP contribution in [0.25, 0.3) is 0 Å². The van der Waals surface area contributed by atoms with E-state index in [1.165, 1.54) is 0 Å². The molecule has 0 aromatic rings. The van der Waals surface area contributed by atoms with Gasteiger partial charge in [0, 0.05) is 10.8 Å². The fourth-order valence-electron chi connectivity index (χ4n) is 0.262. The molecule has 0 bridgehead atoms. The number of rotatable bonds is 4. The molecule has 0 fully saturated rings. The smallest absolute Gasteiger partial charge is 0.132 e. The first kappa shape index (κ1) is 12.5. The van der Waals surface area contributed by atoms with Crippen LogP contribution in [0.2, 0.25) is 0 Å². The molecule has 2 nitrogen and oxygen atoms in total. The molecule has 0 rings (SSSR count). The summed E-state index contributed by atoms with van der Waals surface area (Å²) in [4.78, 5) is 3.42. The average Bonchev–Trinajstić information content (AvgIpc) is 1.83. The molecule has 0 aromatic heterocycles. The summed E-state index contributed by atoms with van der Waals surface area (Å²) in [7, 11) is 0. The molecule has 0 spiro atoms. The lowest BCUT2D eigenvalue weighted by Gasteiger charge is -1.95. The van der Waals surface area contributed by atoms with Gasteiger partial charge in [-0.05, 0) is 6.42 Å². The van der Waals surface area contributed by atoms with Crippen molar-refractivity contribution in [3.05, 3.63) is 0 Å². The van der Waals surface area contributed by atoms with Crippen LogP contribution < -0.4 is 0 Å². The zero-order valence-electron chi connectivity index (χ0n) is 5.22. The quantitative estimate of drug-likeness (QED) is 0.298. The van der Waals surface area contributed by atoms with Crippen molar-refractivity contribution in [2.24, 2.45) is 10.00 Å². The van der Waals surface area contributed by atoms with E-state index in [0.717, 1.165) is 0 Å². The second-order valence-corrected chi connectivity index (χ2v) is 9.39. The summed E-state index contributed by atoms with van der Waals surface area (Å²) in [5.74, 6) is 0.408. The van der Waals surface area contributed by atoms with Crippen LogP contribution in [0.1, 0.15) is 6.42 Å². The molecule has 0 radical (unpaired) electrons. The van der Waals surface area contributed by atoms with E-state index in [0.29, 0.717) is 12.3 Å². The van der Waals surface area contributed by atoms with E-state index in [4.69, 9.17) is 56.9 Å². The highest BCUT2D eigenvalue weighted by Crippen LogP contribution is 2.75. The maximum absolute atomic E-state index is 5.58. The van der Waals surface area contributed by atoms with Gasteiger partial charge in [0.05, 0.1) is 0 Å². The number of halogens is 5. The van der Waals surface area contributed by atoms with Gasteiger partial charge in [-0.25, -0.2) is 0 Å². The Balaban J connectivity index is 3.73. The first-order valence-corrected chi connectivity index (χ1v) is 7.99. The number of hydrogen-bond donors (Lipinski definition) is 0. The fraction of sp³-hybridized carbons (Fsp3) is 1.00. The van der Waals surface area contributed by atoms with Crippen molar-refractivity contribution < 1.29 is 0 Å². The molecule has 66 valence electrons. The summed E-state index contributed by atoms with van der Waals surface area (Å²) in [6.07, 6.45) is 0.511. The Morgan fingerprint density at radius 1 is 1.27 bits per heavy atom. The lowest BCUT2D eigenvalue weighted by molar-refractivity contribution is 0.825. The number of nitrogens with zero attached hydrogens (tertiary/aromatic N) is 2. The van der Waals surface area contributed by atoms with Crippen molar-refractivity contribution in [2.75, 3.05) is 5.88 Å². The first-order valence-electron chi connectivity index (χ1n) is 2.56. The standard InChI is InChI=1S/C3H5Cl5N2P/c4-2-1-3(5)9-10-11(6,7)8/h3H,1-2H2/q+1. The van der Waals surface area contributed by atoms with Gasteiger partial charge in [0.2, 0.25) is 0 Å². The largest absolute Gasteiger partial charge is 0.444 e. The van der Waals surface area contributed by atoms with Gasteiger partial charge in [-0.1, -0.05) is 11.6 Å². The van der Waals surface area contributed by atoms with Crippen molar-refractivity contribution in [3.8, 4) is 0 Å². The Morgan fingerprint density at radius 3 is 2.18 bits per heavy atom. The maximum atomic E-state index is 5.58. The molecule has 0 heterocycles. The van der Waals surface area contributed by atoms with Crippen LogP contribution in [0.15, 0.2) is 10.00 Å². The van der Waals surface area contributed by atoms with Crippen LogP contribution in [0, 0.1) is 0 Å². The third kappa shape index (κ3) is 9.39. The number of hydrogen-bond acceptors (Lipinski definition) is 2. The SMILES string of the molecule is ClCCC(Cl)N=N[P+](Cl)(Cl)Cl. The minimum atomic E-state index is -2.75. The molecule has 0 amide bonds. The highest BCUT2D eigenvalue weighted by molar-refractivity contribution is 8.31. The van der Waals surface area contributed by atoms with Gasteiger partial charge in [-0.2, -0.15) is 0 Å². The molecule has 0 aromatic carbocycles. The van der Waals surface area contributed by atoms with E-state index in [1.54, 1.807) is 0 Å². The predicted octanol–water partition coefficient (Wildman–Crippen LogP) is 5.03. The van der Waals surface area contributed by atoms with Gasteiger partial charge in [-0.15, -0.1) is 16.7 Å². The maximum Gasteiger partial charge on any atom is 0.444 e. The van der Waals surface area contributed by atoms with Crippen LogP contribution in [0.4, 0.5) is 0 Å². The zero-order chi connectivity index (χ0) is 8.91. The van der Waals surface area contributed by atoms with E-state index in [2.05, 4.69) is 10.00 Å². The average molecular weight is 277 g/mol. The molecule has 1 unspecified atom stereocenters. The second kappa shape index (κ2) is 6.01. The van der Waals surface area contributed by atoms with E-state index in [9.17, 15) is 0 Å². The Hall–Kier alpha value is 1.48. The molecule has 0 aliphatic rings. The normalized spacial score (nSPS) is 15.7. The van der Waals surface area contributed by atoms with E-state index in [1.807, 2.05) is 0 Å². The summed E-state index contributed by atoms with van der Waals surface area (Å²) in [6.45, 7) is 0. The van der Waals surface area contributed by atoms with Gasteiger partial charge >= 0.3 is 5.47 Å². The molecule has 0 N–H and O–H groups in total. The molecule has 11 heavy (non-hydrogen) atoms. The molecule has 0 aliphatic heterocycles. The van der Waals surface area contributed by atoms with Crippen molar-refractivity contribution in [1.29, 1.82) is 0 Å². The Bertz CT molecular complexity index is 134. The van der Waals surface area contributed by atoms with Crippen LogP contribution in [-0.4, -0.2) is 11.4 Å². The van der Waals surface area contributed by atoms with Gasteiger partial charge in [0.25, 0.3) is 0 Å². The minimum absolute atomic E-state index is 0.408. The lowest BCUT2D eigenvalue weighted by Crippen LogP contribution is -1.92. The van der Waals surface area contributed by atoms with Gasteiger partial charge in [-0.3, -0.25) is 0 Å². The van der Waals surface area contributed by atoms with Crippen molar-refractivity contribution >= 4 is 62.4 Å². The third-order valence-corrected chi connectivity index (χ3v) is 2.06. The molecular weight excluding hydrogens is 272 g/mol. The van der Waals surface area contributed by atoms with Crippen LogP contribution in [-0.2, 0) is 0 Å². The predicted molar refractivity (Wildman–Crippen MR) is 54.3 cm³/mol. The number of alkyl halides is 2. The third-order valence-electron chi connectivity index (χ3n) is 0.626. The van der Waals surface area contributed by atoms with Crippen LogP contribution in [0.3, 0.4) is 0 Å². The van der Waals surface area contributed by atoms with Gasteiger partial charge in [0.15, 0.2) is 33.7 Å². The fourth-order valence-corrected chi connectivity index (χ4v) is 1.39. The summed E-state index contributed by atoms with van der Waals surface area (Å²) in [6, 6.07) is 0. The molecule has 0 aliphatic carbocycles. The van der Waals surface area contributed by atoms with Gasteiger partial charge < -0.3 is 0 Å². The highest BCUT2D eigenvalue weighted by atomic mass is 36.1. The second-order valence-electron chi connectivity index (χ2n) is 1.54. The highest BCUT2D eigenvalue weighted by Gasteiger charge is 2.33. The Morgan fingerprint density at radius 2 is 1.82 bits per heavy atom. The molecular formula is C3H5Cl5N2P+. The topological polar surface area (TPSA) is 24.7 Å². The molecule has 0 saturated heterocycles. The summed E-state index contributed by atoms with van der Waals surface area (Å²) >= 11 is 27.1. The van der Waals surface area contributed by atoms with E-state index < -0.39 is 11.0 Å². The van der Waals surface area contributed by atoms with Crippen LogP contribution in [0.5, 0.6) is 0 Å². The van der Waals surface area contributed by atoms with Crippen LogP contribution >= 0.6 is 62.4 Å². The molecule has 0 saturated carbocycles. The summed E-state index contributed by atoms with van der Waals surface area (Å²) in [5, 5.41) is 3.54.